The second-order valence-corrected chi connectivity index (χ2v) is 8.36. The van der Waals surface area contributed by atoms with Crippen molar-refractivity contribution in [2.75, 3.05) is 11.9 Å². The van der Waals surface area contributed by atoms with Crippen molar-refractivity contribution in [1.82, 2.24) is 0 Å². The smallest absolute Gasteiger partial charge is 0.262 e. The minimum atomic E-state index is -3.77. The van der Waals surface area contributed by atoms with E-state index in [4.69, 9.17) is 14.6 Å². The number of sulfonamides is 1. The first-order chi connectivity index (χ1) is 14.2. The molecule has 0 saturated carbocycles. The number of amides is 1. The Morgan fingerprint density at radius 1 is 0.867 bits per heavy atom. The molecule has 3 N–H and O–H groups in total. The highest BCUT2D eigenvalue weighted by Gasteiger charge is 2.09. The first kappa shape index (κ1) is 21.4. The minimum Gasteiger partial charge on any atom is -0.484 e. The second kappa shape index (κ2) is 8.98. The zero-order valence-corrected chi connectivity index (χ0v) is 17.4. The van der Waals surface area contributed by atoms with Gasteiger partial charge in [0.2, 0.25) is 10.0 Å². The number of anilines is 1. The van der Waals surface area contributed by atoms with E-state index in [1.165, 1.54) is 24.3 Å². The van der Waals surface area contributed by atoms with E-state index < -0.39 is 10.0 Å². The van der Waals surface area contributed by atoms with Crippen molar-refractivity contribution in [2.24, 2.45) is 5.14 Å². The largest absolute Gasteiger partial charge is 0.484 e. The number of carbonyl (C=O) groups is 1. The number of nitrogens with two attached hydrogens (primary N) is 1. The van der Waals surface area contributed by atoms with Gasteiger partial charge in [-0.1, -0.05) is 6.07 Å². The summed E-state index contributed by atoms with van der Waals surface area (Å²) in [5, 5.41) is 7.66. The van der Waals surface area contributed by atoms with Crippen LogP contribution in [0.25, 0.3) is 0 Å². The molecule has 0 aliphatic heterocycles. The maximum Gasteiger partial charge on any atom is 0.262 e. The molecule has 0 atom stereocenters. The molecule has 0 aromatic heterocycles. The quantitative estimate of drug-likeness (QED) is 0.598. The molecule has 0 fully saturated rings. The molecule has 1 amide bonds. The number of primary sulfonamides is 1. The van der Waals surface area contributed by atoms with Crippen LogP contribution in [0.4, 0.5) is 5.69 Å². The topological polar surface area (TPSA) is 108 Å². The van der Waals surface area contributed by atoms with Crippen molar-refractivity contribution in [3.63, 3.8) is 0 Å². The molecule has 3 rings (SSSR count). The number of benzene rings is 3. The van der Waals surface area contributed by atoms with E-state index in [1.807, 2.05) is 26.0 Å². The molecule has 0 aliphatic rings. The summed E-state index contributed by atoms with van der Waals surface area (Å²) in [6, 6.07) is 18.5. The number of ether oxygens (including phenoxy) is 2. The molecule has 0 spiro atoms. The van der Waals surface area contributed by atoms with Gasteiger partial charge in [-0.05, 0) is 85.6 Å². The van der Waals surface area contributed by atoms with Crippen molar-refractivity contribution in [3.8, 4) is 17.2 Å². The van der Waals surface area contributed by atoms with Gasteiger partial charge >= 0.3 is 0 Å². The van der Waals surface area contributed by atoms with Crippen LogP contribution >= 0.6 is 0 Å². The van der Waals surface area contributed by atoms with Crippen molar-refractivity contribution < 1.29 is 22.7 Å². The molecule has 7 nitrogen and oxygen atoms in total. The van der Waals surface area contributed by atoms with Crippen LogP contribution < -0.4 is 19.9 Å². The lowest BCUT2D eigenvalue weighted by Gasteiger charge is -2.10. The molecule has 0 saturated heterocycles. The minimum absolute atomic E-state index is 0.0279. The molecule has 8 heteroatoms. The highest BCUT2D eigenvalue weighted by Crippen LogP contribution is 2.25. The highest BCUT2D eigenvalue weighted by molar-refractivity contribution is 7.89. The van der Waals surface area contributed by atoms with Gasteiger partial charge in [0.05, 0.1) is 4.90 Å². The van der Waals surface area contributed by atoms with Crippen molar-refractivity contribution in [2.45, 2.75) is 18.7 Å². The van der Waals surface area contributed by atoms with Crippen LogP contribution in [0.5, 0.6) is 17.2 Å². The highest BCUT2D eigenvalue weighted by atomic mass is 32.2. The van der Waals surface area contributed by atoms with Crippen LogP contribution in [-0.4, -0.2) is 20.9 Å². The first-order valence-corrected chi connectivity index (χ1v) is 10.7. The zero-order chi connectivity index (χ0) is 21.7. The van der Waals surface area contributed by atoms with Crippen molar-refractivity contribution >= 4 is 21.6 Å². The van der Waals surface area contributed by atoms with Gasteiger partial charge in [-0.25, -0.2) is 13.6 Å². The lowest BCUT2D eigenvalue weighted by molar-refractivity contribution is -0.118. The average molecular weight is 426 g/mol. The Kier molecular flexibility index (Phi) is 6.39. The Labute approximate surface area is 175 Å². The number of nitrogens with one attached hydrogen (secondary N) is 1. The van der Waals surface area contributed by atoms with Gasteiger partial charge in [-0.15, -0.1) is 0 Å². The third-order valence-electron chi connectivity index (χ3n) is 4.09. The second-order valence-electron chi connectivity index (χ2n) is 6.80. The van der Waals surface area contributed by atoms with Gasteiger partial charge in [-0.2, -0.15) is 0 Å². The van der Waals surface area contributed by atoms with Gasteiger partial charge in [0.15, 0.2) is 6.61 Å². The molecular weight excluding hydrogens is 404 g/mol. The van der Waals surface area contributed by atoms with E-state index in [-0.39, 0.29) is 17.4 Å². The summed E-state index contributed by atoms with van der Waals surface area (Å²) in [7, 11) is -3.77. The van der Waals surface area contributed by atoms with E-state index in [2.05, 4.69) is 11.4 Å². The molecule has 3 aromatic carbocycles. The molecule has 0 bridgehead atoms. The zero-order valence-electron chi connectivity index (χ0n) is 16.6. The number of carbonyl (C=O) groups excluding carboxylic acids is 1. The Morgan fingerprint density at radius 2 is 1.43 bits per heavy atom. The predicted molar refractivity (Wildman–Crippen MR) is 114 cm³/mol. The van der Waals surface area contributed by atoms with Gasteiger partial charge in [0.25, 0.3) is 5.91 Å². The van der Waals surface area contributed by atoms with Crippen LogP contribution in [-0.2, 0) is 14.8 Å². The summed E-state index contributed by atoms with van der Waals surface area (Å²) in [5.74, 6) is 1.55. The van der Waals surface area contributed by atoms with Crippen LogP contribution in [0.15, 0.2) is 71.6 Å². The lowest BCUT2D eigenvalue weighted by atomic mass is 10.1. The Morgan fingerprint density at radius 3 is 2.00 bits per heavy atom. The third-order valence-corrected chi connectivity index (χ3v) is 5.02. The van der Waals surface area contributed by atoms with E-state index in [1.54, 1.807) is 24.3 Å². The van der Waals surface area contributed by atoms with Gasteiger partial charge in [0.1, 0.15) is 17.2 Å². The number of rotatable bonds is 7. The Hall–Kier alpha value is -3.36. The molecule has 0 heterocycles. The van der Waals surface area contributed by atoms with Crippen LogP contribution in [0.2, 0.25) is 0 Å². The summed E-state index contributed by atoms with van der Waals surface area (Å²) >= 11 is 0. The fourth-order valence-corrected chi connectivity index (χ4v) is 3.32. The number of hydrogen-bond donors (Lipinski definition) is 2. The van der Waals surface area contributed by atoms with E-state index >= 15 is 0 Å². The Bertz CT molecular complexity index is 1120. The predicted octanol–water partition coefficient (Wildman–Crippen LogP) is 3.76. The number of aryl methyl sites for hydroxylation is 2. The summed E-state index contributed by atoms with van der Waals surface area (Å²) < 4.78 is 33.8. The number of hydrogen-bond acceptors (Lipinski definition) is 5. The van der Waals surface area contributed by atoms with Crippen LogP contribution in [0.1, 0.15) is 11.1 Å². The summed E-state index contributed by atoms with van der Waals surface area (Å²) in [6.45, 7) is 3.82. The molecule has 156 valence electrons. The average Bonchev–Trinajstić information content (AvgIpc) is 2.66. The fraction of sp³-hybridized carbons (Fsp3) is 0.136. The maximum atomic E-state index is 12.0. The van der Waals surface area contributed by atoms with Crippen molar-refractivity contribution in [3.05, 3.63) is 77.9 Å². The van der Waals surface area contributed by atoms with Gasteiger partial charge < -0.3 is 14.8 Å². The summed E-state index contributed by atoms with van der Waals surface area (Å²) in [4.78, 5) is 12.0. The van der Waals surface area contributed by atoms with Crippen LogP contribution in [0, 0.1) is 13.8 Å². The van der Waals surface area contributed by atoms with E-state index in [9.17, 15) is 13.2 Å². The molecule has 30 heavy (non-hydrogen) atoms. The molecular formula is C22H22N2O5S. The monoisotopic (exact) mass is 426 g/mol. The molecule has 0 radical (unpaired) electrons. The third kappa shape index (κ3) is 6.07. The summed E-state index contributed by atoms with van der Waals surface area (Å²) in [6.07, 6.45) is 0. The maximum absolute atomic E-state index is 12.0. The van der Waals surface area contributed by atoms with Crippen molar-refractivity contribution in [1.29, 1.82) is 0 Å². The molecule has 0 aliphatic carbocycles. The fourth-order valence-electron chi connectivity index (χ4n) is 2.81. The lowest BCUT2D eigenvalue weighted by Crippen LogP contribution is -2.20. The van der Waals surface area contributed by atoms with E-state index in [0.717, 1.165) is 16.9 Å². The first-order valence-electron chi connectivity index (χ1n) is 9.11. The van der Waals surface area contributed by atoms with Gasteiger partial charge in [-0.3, -0.25) is 4.79 Å². The normalized spacial score (nSPS) is 11.0. The standard InChI is InChI=1S/C22H22N2O5S/c1-15-11-16(2)13-20(12-15)29-19-7-5-18(6-8-19)28-14-22(25)24-17-3-9-21(10-4-17)30(23,26)27/h3-13H,14H2,1-2H3,(H,24,25)(H2,23,26,27). The summed E-state index contributed by atoms with van der Waals surface area (Å²) in [5.41, 5.74) is 2.68. The van der Waals surface area contributed by atoms with Gasteiger partial charge in [0, 0.05) is 5.69 Å². The SMILES string of the molecule is Cc1cc(C)cc(Oc2ccc(OCC(=O)Nc3ccc(S(N)(=O)=O)cc3)cc2)c1. The molecule has 3 aromatic rings. The molecule has 0 unspecified atom stereocenters. The Balaban J connectivity index is 1.52. The van der Waals surface area contributed by atoms with E-state index in [0.29, 0.717) is 17.2 Å². The van der Waals surface area contributed by atoms with Crippen LogP contribution in [0.3, 0.4) is 0 Å².